The summed E-state index contributed by atoms with van der Waals surface area (Å²) in [6.07, 6.45) is 0.902. The summed E-state index contributed by atoms with van der Waals surface area (Å²) in [7, 11) is 0. The SMILES string of the molecule is Cc1ccc2c(NC(=O)N3CC[C@@H](N4CCOC(C)(C)C4)C3)c(C(N)=O)oc2n1. The number of nitrogens with zero attached hydrogens (tertiary/aromatic N) is 3. The maximum Gasteiger partial charge on any atom is 0.322 e. The summed E-state index contributed by atoms with van der Waals surface area (Å²) in [5, 5.41) is 3.38. The molecular formula is C20H27N5O4. The van der Waals surface area contributed by atoms with Crippen LogP contribution in [0, 0.1) is 6.92 Å². The second-order valence-electron chi connectivity index (χ2n) is 8.37. The van der Waals surface area contributed by atoms with Gasteiger partial charge in [-0.2, -0.15) is 0 Å². The Balaban J connectivity index is 1.49. The zero-order chi connectivity index (χ0) is 20.8. The van der Waals surface area contributed by atoms with Crippen LogP contribution in [0.3, 0.4) is 0 Å². The smallest absolute Gasteiger partial charge is 0.322 e. The van der Waals surface area contributed by atoms with Crippen molar-refractivity contribution in [3.8, 4) is 0 Å². The van der Waals surface area contributed by atoms with Crippen molar-refractivity contribution >= 4 is 28.7 Å². The Hall–Kier alpha value is -2.65. The summed E-state index contributed by atoms with van der Waals surface area (Å²) in [6, 6.07) is 3.59. The van der Waals surface area contributed by atoms with Crippen molar-refractivity contribution in [2.24, 2.45) is 5.73 Å². The van der Waals surface area contributed by atoms with Gasteiger partial charge in [0.25, 0.3) is 5.91 Å². The van der Waals surface area contributed by atoms with E-state index in [2.05, 4.69) is 29.0 Å². The predicted octanol–water partition coefficient (Wildman–Crippen LogP) is 1.95. The Bertz CT molecular complexity index is 954. The molecule has 29 heavy (non-hydrogen) atoms. The molecule has 0 aliphatic carbocycles. The molecule has 156 valence electrons. The number of hydrogen-bond acceptors (Lipinski definition) is 6. The predicted molar refractivity (Wildman–Crippen MR) is 108 cm³/mol. The first-order chi connectivity index (χ1) is 13.7. The zero-order valence-corrected chi connectivity index (χ0v) is 17.0. The maximum atomic E-state index is 12.9. The fourth-order valence-electron chi connectivity index (χ4n) is 4.14. The van der Waals surface area contributed by atoms with Gasteiger partial charge in [-0.15, -0.1) is 0 Å². The van der Waals surface area contributed by atoms with E-state index in [1.54, 1.807) is 17.0 Å². The third-order valence-electron chi connectivity index (χ3n) is 5.57. The van der Waals surface area contributed by atoms with Gasteiger partial charge < -0.3 is 25.1 Å². The Kier molecular flexibility index (Phi) is 4.95. The van der Waals surface area contributed by atoms with Crippen molar-refractivity contribution in [2.75, 3.05) is 38.1 Å². The summed E-state index contributed by atoms with van der Waals surface area (Å²) in [6.45, 7) is 9.68. The van der Waals surface area contributed by atoms with E-state index >= 15 is 0 Å². The van der Waals surface area contributed by atoms with Crippen LogP contribution in [0.25, 0.3) is 11.1 Å². The number of rotatable bonds is 3. The number of nitrogens with two attached hydrogens (primary N) is 1. The van der Waals surface area contributed by atoms with E-state index < -0.39 is 5.91 Å². The molecular weight excluding hydrogens is 374 g/mol. The molecule has 0 spiro atoms. The molecule has 2 saturated heterocycles. The number of primary amides is 1. The number of furan rings is 1. The van der Waals surface area contributed by atoms with Crippen LogP contribution in [0.1, 0.15) is 36.5 Å². The Morgan fingerprint density at radius 2 is 2.10 bits per heavy atom. The molecule has 0 unspecified atom stereocenters. The number of aromatic nitrogens is 1. The van der Waals surface area contributed by atoms with Crippen molar-refractivity contribution < 1.29 is 18.7 Å². The molecule has 0 radical (unpaired) electrons. The van der Waals surface area contributed by atoms with Gasteiger partial charge in [0.1, 0.15) is 5.69 Å². The molecule has 1 atom stereocenters. The lowest BCUT2D eigenvalue weighted by atomic mass is 10.1. The monoisotopic (exact) mass is 401 g/mol. The number of pyridine rings is 1. The van der Waals surface area contributed by atoms with E-state index in [0.29, 0.717) is 31.1 Å². The van der Waals surface area contributed by atoms with Crippen LogP contribution in [0.5, 0.6) is 0 Å². The van der Waals surface area contributed by atoms with E-state index in [1.807, 2.05) is 6.92 Å². The lowest BCUT2D eigenvalue weighted by molar-refractivity contribution is -0.0955. The number of hydrogen-bond donors (Lipinski definition) is 2. The number of fused-ring (bicyclic) bond motifs is 1. The van der Waals surface area contributed by atoms with Crippen LogP contribution in [0.4, 0.5) is 10.5 Å². The molecule has 2 aliphatic heterocycles. The first-order valence-corrected chi connectivity index (χ1v) is 9.87. The molecule has 0 aromatic carbocycles. The van der Waals surface area contributed by atoms with Gasteiger partial charge in [-0.05, 0) is 39.3 Å². The Labute approximate surface area is 169 Å². The number of likely N-dealkylation sites (tertiary alicyclic amines) is 1. The number of nitrogens with one attached hydrogen (secondary N) is 1. The summed E-state index contributed by atoms with van der Waals surface area (Å²) in [5.74, 6) is -0.831. The number of carbonyl (C=O) groups is 2. The zero-order valence-electron chi connectivity index (χ0n) is 17.0. The second-order valence-corrected chi connectivity index (χ2v) is 8.37. The van der Waals surface area contributed by atoms with Gasteiger partial charge in [-0.3, -0.25) is 9.69 Å². The minimum absolute atomic E-state index is 0.0860. The topological polar surface area (TPSA) is 114 Å². The van der Waals surface area contributed by atoms with Crippen molar-refractivity contribution in [1.29, 1.82) is 0 Å². The average molecular weight is 401 g/mol. The van der Waals surface area contributed by atoms with E-state index in [4.69, 9.17) is 14.9 Å². The molecule has 9 heteroatoms. The number of anilines is 1. The van der Waals surface area contributed by atoms with Crippen LogP contribution in [-0.4, -0.2) is 71.2 Å². The quantitative estimate of drug-likeness (QED) is 0.813. The van der Waals surface area contributed by atoms with Gasteiger partial charge in [-0.1, -0.05) is 0 Å². The summed E-state index contributed by atoms with van der Waals surface area (Å²) >= 11 is 0. The Morgan fingerprint density at radius 1 is 1.31 bits per heavy atom. The van der Waals surface area contributed by atoms with E-state index in [1.165, 1.54) is 0 Å². The molecule has 4 rings (SSSR count). The molecule has 0 saturated carbocycles. The summed E-state index contributed by atoms with van der Waals surface area (Å²) in [4.78, 5) is 33.2. The summed E-state index contributed by atoms with van der Waals surface area (Å²) < 4.78 is 11.3. The van der Waals surface area contributed by atoms with Crippen LogP contribution < -0.4 is 11.1 Å². The van der Waals surface area contributed by atoms with E-state index in [-0.39, 0.29) is 28.8 Å². The van der Waals surface area contributed by atoms with Crippen molar-refractivity contribution in [3.05, 3.63) is 23.6 Å². The number of amides is 3. The van der Waals surface area contributed by atoms with Gasteiger partial charge in [0.05, 0.1) is 17.6 Å². The van der Waals surface area contributed by atoms with Crippen molar-refractivity contribution in [2.45, 2.75) is 38.8 Å². The highest BCUT2D eigenvalue weighted by Crippen LogP contribution is 2.31. The Morgan fingerprint density at radius 3 is 2.83 bits per heavy atom. The van der Waals surface area contributed by atoms with Gasteiger partial charge in [0.2, 0.25) is 11.5 Å². The normalized spacial score (nSPS) is 22.2. The standard InChI is InChI=1S/C20H27N5O4/c1-12-4-5-14-15(16(17(21)26)29-18(14)22-12)23-19(27)24-7-6-13(10-24)25-8-9-28-20(2,3)11-25/h4-5,13H,6-11H2,1-3H3,(H2,21,26)(H,23,27)/t13-/m1/s1. The molecule has 9 nitrogen and oxygen atoms in total. The number of aryl methyl sites for hydroxylation is 1. The maximum absolute atomic E-state index is 12.9. The third kappa shape index (κ3) is 3.92. The number of urea groups is 1. The first kappa shape index (κ1) is 19.7. The lowest BCUT2D eigenvalue weighted by Gasteiger charge is -2.41. The highest BCUT2D eigenvalue weighted by Gasteiger charge is 2.36. The average Bonchev–Trinajstić information content (AvgIpc) is 3.26. The first-order valence-electron chi connectivity index (χ1n) is 9.87. The fraction of sp³-hybridized carbons (Fsp3) is 0.550. The molecule has 4 heterocycles. The molecule has 2 aliphatic rings. The molecule has 3 N–H and O–H groups in total. The van der Waals surface area contributed by atoms with Crippen LogP contribution in [-0.2, 0) is 4.74 Å². The van der Waals surface area contributed by atoms with Crippen molar-refractivity contribution in [3.63, 3.8) is 0 Å². The largest absolute Gasteiger partial charge is 0.430 e. The fourth-order valence-corrected chi connectivity index (χ4v) is 4.14. The van der Waals surface area contributed by atoms with Crippen LogP contribution >= 0.6 is 0 Å². The number of ether oxygens (including phenoxy) is 1. The molecule has 0 bridgehead atoms. The van der Waals surface area contributed by atoms with Gasteiger partial charge in [0.15, 0.2) is 0 Å². The van der Waals surface area contributed by atoms with E-state index in [9.17, 15) is 9.59 Å². The number of morpholine rings is 1. The molecule has 2 aromatic rings. The minimum atomic E-state index is -0.745. The van der Waals surface area contributed by atoms with E-state index in [0.717, 1.165) is 25.2 Å². The lowest BCUT2D eigenvalue weighted by Crippen LogP contribution is -2.53. The molecule has 3 amide bonds. The molecule has 2 fully saturated rings. The highest BCUT2D eigenvalue weighted by molar-refractivity contribution is 6.09. The van der Waals surface area contributed by atoms with Crippen molar-refractivity contribution in [1.82, 2.24) is 14.8 Å². The number of carbonyl (C=O) groups excluding carboxylic acids is 2. The summed E-state index contributed by atoms with van der Waals surface area (Å²) in [5.41, 5.74) is 6.58. The molecule has 2 aromatic heterocycles. The van der Waals surface area contributed by atoms with Gasteiger partial charge >= 0.3 is 6.03 Å². The van der Waals surface area contributed by atoms with Gasteiger partial charge in [-0.25, -0.2) is 9.78 Å². The van der Waals surface area contributed by atoms with Crippen LogP contribution in [0.2, 0.25) is 0 Å². The van der Waals surface area contributed by atoms with Gasteiger partial charge in [0, 0.05) is 37.9 Å². The minimum Gasteiger partial charge on any atom is -0.430 e. The third-order valence-corrected chi connectivity index (χ3v) is 5.57. The van der Waals surface area contributed by atoms with Crippen LogP contribution in [0.15, 0.2) is 16.5 Å². The highest BCUT2D eigenvalue weighted by atomic mass is 16.5. The second kappa shape index (κ2) is 7.31.